The highest BCUT2D eigenvalue weighted by Crippen LogP contribution is 2.28. The molecule has 0 saturated carbocycles. The molecule has 1 aliphatic rings. The van der Waals surface area contributed by atoms with Gasteiger partial charge in [0.25, 0.3) is 0 Å². The number of alkyl halides is 3. The first-order chi connectivity index (χ1) is 15.2. The number of nitrogens with zero attached hydrogens (tertiary/aromatic N) is 1. The van der Waals surface area contributed by atoms with Crippen LogP contribution in [-0.2, 0) is 16.1 Å². The van der Waals surface area contributed by atoms with Crippen molar-refractivity contribution in [1.82, 2.24) is 4.90 Å². The summed E-state index contributed by atoms with van der Waals surface area (Å²) >= 11 is 0. The molecule has 3 N–H and O–H groups in total. The summed E-state index contributed by atoms with van der Waals surface area (Å²) in [6.07, 6.45) is -2.45. The highest BCUT2D eigenvalue weighted by Gasteiger charge is 2.31. The van der Waals surface area contributed by atoms with Gasteiger partial charge in [-0.3, -0.25) is 0 Å². The number of halogens is 3. The van der Waals surface area contributed by atoms with Gasteiger partial charge in [0.1, 0.15) is 23.4 Å². The SMILES string of the molecule is COCC1=CC=C(C(=O)O)C(N)N1Cc1ccc(Oc2ccc(OC(F)(F)F)cc2)cc1. The van der Waals surface area contributed by atoms with E-state index in [0.717, 1.165) is 23.4 Å². The average molecular weight is 450 g/mol. The lowest BCUT2D eigenvalue weighted by Gasteiger charge is -2.35. The molecule has 7 nitrogen and oxygen atoms in total. The molecule has 1 aliphatic heterocycles. The van der Waals surface area contributed by atoms with Crippen molar-refractivity contribution in [3.8, 4) is 17.2 Å². The molecule has 1 unspecified atom stereocenters. The Balaban J connectivity index is 1.67. The number of aliphatic carboxylic acids is 1. The molecule has 0 fully saturated rings. The minimum Gasteiger partial charge on any atom is -0.478 e. The molecule has 2 aromatic rings. The van der Waals surface area contributed by atoms with Crippen LogP contribution in [-0.4, -0.2) is 42.2 Å². The van der Waals surface area contributed by atoms with E-state index in [4.69, 9.17) is 15.2 Å². The van der Waals surface area contributed by atoms with Crippen LogP contribution in [0.5, 0.6) is 17.2 Å². The van der Waals surface area contributed by atoms with Crippen LogP contribution in [0.1, 0.15) is 5.56 Å². The maximum absolute atomic E-state index is 12.2. The lowest BCUT2D eigenvalue weighted by Crippen LogP contribution is -2.46. The standard InChI is InChI=1S/C22H21F3N2O5/c1-30-13-15-4-11-19(21(28)29)20(26)27(15)12-14-2-5-16(6-3-14)31-17-7-9-18(10-8-17)32-22(23,24)25/h2-11,20H,12-13,26H2,1H3,(H,28,29). The van der Waals surface area contributed by atoms with Crippen molar-refractivity contribution >= 4 is 5.97 Å². The number of hydrogen-bond acceptors (Lipinski definition) is 6. The number of allylic oxidation sites excluding steroid dienone is 2. The average Bonchev–Trinajstić information content (AvgIpc) is 2.72. The highest BCUT2D eigenvalue weighted by atomic mass is 19.4. The third-order valence-electron chi connectivity index (χ3n) is 4.59. The van der Waals surface area contributed by atoms with Crippen molar-refractivity contribution in [1.29, 1.82) is 0 Å². The Labute approximate surface area is 182 Å². The smallest absolute Gasteiger partial charge is 0.478 e. The largest absolute Gasteiger partial charge is 0.573 e. The molecule has 0 radical (unpaired) electrons. The number of methoxy groups -OCH3 is 1. The number of hydrogen-bond donors (Lipinski definition) is 2. The zero-order chi connectivity index (χ0) is 23.3. The van der Waals surface area contributed by atoms with Gasteiger partial charge in [-0.2, -0.15) is 0 Å². The molecule has 0 aromatic heterocycles. The molecule has 1 atom stereocenters. The number of ether oxygens (including phenoxy) is 3. The van der Waals surface area contributed by atoms with Gasteiger partial charge < -0.3 is 30.0 Å². The summed E-state index contributed by atoms with van der Waals surface area (Å²) in [5.74, 6) is -0.620. The van der Waals surface area contributed by atoms with Crippen LogP contribution in [0.3, 0.4) is 0 Å². The van der Waals surface area contributed by atoms with Crippen molar-refractivity contribution in [3.63, 3.8) is 0 Å². The fourth-order valence-corrected chi connectivity index (χ4v) is 3.11. The van der Waals surface area contributed by atoms with Gasteiger partial charge in [-0.25, -0.2) is 4.79 Å². The van der Waals surface area contributed by atoms with E-state index in [1.807, 2.05) is 0 Å². The molecule has 0 aliphatic carbocycles. The van der Waals surface area contributed by atoms with E-state index in [1.54, 1.807) is 35.2 Å². The first kappa shape index (κ1) is 23.2. The van der Waals surface area contributed by atoms with Gasteiger partial charge in [-0.05, 0) is 54.1 Å². The maximum Gasteiger partial charge on any atom is 0.573 e. The van der Waals surface area contributed by atoms with Gasteiger partial charge in [0, 0.05) is 19.4 Å². The Kier molecular flexibility index (Phi) is 7.06. The Hall–Kier alpha value is -3.50. The van der Waals surface area contributed by atoms with Crippen LogP contribution in [0.2, 0.25) is 0 Å². The number of carbonyl (C=O) groups is 1. The fraction of sp³-hybridized carbons (Fsp3) is 0.227. The number of carboxylic acid groups (broad SMARTS) is 1. The van der Waals surface area contributed by atoms with Crippen LogP contribution >= 0.6 is 0 Å². The quantitative estimate of drug-likeness (QED) is 0.627. The molecule has 0 bridgehead atoms. The molecule has 3 rings (SSSR count). The molecule has 0 saturated heterocycles. The molecule has 0 amide bonds. The third kappa shape index (κ3) is 6.02. The van der Waals surface area contributed by atoms with E-state index in [9.17, 15) is 23.1 Å². The van der Waals surface area contributed by atoms with E-state index >= 15 is 0 Å². The normalized spacial score (nSPS) is 16.3. The molecule has 0 spiro atoms. The Morgan fingerprint density at radius 1 is 1.03 bits per heavy atom. The molecule has 170 valence electrons. The molecular weight excluding hydrogens is 429 g/mol. The van der Waals surface area contributed by atoms with Crippen molar-refractivity contribution in [3.05, 3.63) is 77.5 Å². The highest BCUT2D eigenvalue weighted by molar-refractivity contribution is 5.88. The summed E-state index contributed by atoms with van der Waals surface area (Å²) in [7, 11) is 1.54. The van der Waals surface area contributed by atoms with Crippen molar-refractivity contribution in [2.45, 2.75) is 19.1 Å². The first-order valence-electron chi connectivity index (χ1n) is 9.44. The van der Waals surface area contributed by atoms with Crippen molar-refractivity contribution < 1.29 is 37.3 Å². The second-order valence-corrected chi connectivity index (χ2v) is 6.86. The van der Waals surface area contributed by atoms with E-state index < -0.39 is 18.5 Å². The molecule has 1 heterocycles. The second kappa shape index (κ2) is 9.75. The molecule has 32 heavy (non-hydrogen) atoms. The minimum absolute atomic E-state index is 0.0720. The van der Waals surface area contributed by atoms with Gasteiger partial charge >= 0.3 is 12.3 Å². The number of benzene rings is 2. The van der Waals surface area contributed by atoms with Crippen LogP contribution in [0.25, 0.3) is 0 Å². The number of carboxylic acids is 1. The van der Waals surface area contributed by atoms with Gasteiger partial charge in [-0.15, -0.1) is 13.2 Å². The van der Waals surface area contributed by atoms with Crippen LogP contribution in [0.4, 0.5) is 13.2 Å². The van der Waals surface area contributed by atoms with E-state index in [1.165, 1.54) is 25.3 Å². The predicted octanol–water partition coefficient (Wildman–Crippen LogP) is 4.02. The van der Waals surface area contributed by atoms with Crippen LogP contribution in [0.15, 0.2) is 72.0 Å². The maximum atomic E-state index is 12.2. The van der Waals surface area contributed by atoms with Gasteiger partial charge in [0.15, 0.2) is 0 Å². The lowest BCUT2D eigenvalue weighted by atomic mass is 10.1. The van der Waals surface area contributed by atoms with Gasteiger partial charge in [-0.1, -0.05) is 12.1 Å². The van der Waals surface area contributed by atoms with Gasteiger partial charge in [0.2, 0.25) is 0 Å². The first-order valence-corrected chi connectivity index (χ1v) is 9.44. The van der Waals surface area contributed by atoms with Crippen LogP contribution in [0, 0.1) is 0 Å². The second-order valence-electron chi connectivity index (χ2n) is 6.86. The summed E-state index contributed by atoms with van der Waals surface area (Å²) in [6.45, 7) is 0.608. The summed E-state index contributed by atoms with van der Waals surface area (Å²) < 4.78 is 51.4. The zero-order valence-corrected chi connectivity index (χ0v) is 17.0. The third-order valence-corrected chi connectivity index (χ3v) is 4.59. The monoisotopic (exact) mass is 450 g/mol. The van der Waals surface area contributed by atoms with Crippen molar-refractivity contribution in [2.24, 2.45) is 5.73 Å². The molecular formula is C22H21F3N2O5. The van der Waals surface area contributed by atoms with E-state index in [0.29, 0.717) is 18.0 Å². The van der Waals surface area contributed by atoms with Crippen LogP contribution < -0.4 is 15.2 Å². The summed E-state index contributed by atoms with van der Waals surface area (Å²) in [5.41, 5.74) is 7.81. The zero-order valence-electron chi connectivity index (χ0n) is 17.0. The minimum atomic E-state index is -4.76. The Bertz CT molecular complexity index is 1000. The predicted molar refractivity (Wildman–Crippen MR) is 109 cm³/mol. The number of nitrogens with two attached hydrogens (primary N) is 1. The van der Waals surface area contributed by atoms with Crippen molar-refractivity contribution in [2.75, 3.05) is 13.7 Å². The summed E-state index contributed by atoms with van der Waals surface area (Å²) in [4.78, 5) is 13.2. The molecule has 2 aromatic carbocycles. The van der Waals surface area contributed by atoms with E-state index in [-0.39, 0.29) is 17.9 Å². The topological polar surface area (TPSA) is 94.2 Å². The van der Waals surface area contributed by atoms with E-state index in [2.05, 4.69) is 4.74 Å². The number of rotatable bonds is 8. The summed E-state index contributed by atoms with van der Waals surface area (Å²) in [6, 6.07) is 12.0. The summed E-state index contributed by atoms with van der Waals surface area (Å²) in [5, 5.41) is 9.34. The fourth-order valence-electron chi connectivity index (χ4n) is 3.11. The Morgan fingerprint density at radius 3 is 2.12 bits per heavy atom. The Morgan fingerprint density at radius 2 is 1.59 bits per heavy atom. The lowest BCUT2D eigenvalue weighted by molar-refractivity contribution is -0.274. The van der Waals surface area contributed by atoms with Gasteiger partial charge in [0.05, 0.1) is 12.2 Å². The molecule has 10 heteroatoms.